The monoisotopic (exact) mass is 457 g/mol. The Morgan fingerprint density at radius 2 is 1.94 bits per heavy atom. The van der Waals surface area contributed by atoms with Gasteiger partial charge >= 0.3 is 0 Å². The van der Waals surface area contributed by atoms with Gasteiger partial charge in [-0.25, -0.2) is 17.8 Å². The van der Waals surface area contributed by atoms with Crippen LogP contribution in [0.2, 0.25) is 0 Å². The van der Waals surface area contributed by atoms with Gasteiger partial charge in [-0.1, -0.05) is 12.1 Å². The molecule has 1 unspecified atom stereocenters. The van der Waals surface area contributed by atoms with Gasteiger partial charge in [0.05, 0.1) is 0 Å². The number of nitrogen functional groups attached to an aromatic ring is 1. The Morgan fingerprint density at radius 1 is 1.19 bits per heavy atom. The summed E-state index contributed by atoms with van der Waals surface area (Å²) in [6.07, 6.45) is 1.52. The molecule has 1 aliphatic rings. The van der Waals surface area contributed by atoms with Crippen LogP contribution in [-0.2, 0) is 16.4 Å². The number of halogens is 1. The van der Waals surface area contributed by atoms with Gasteiger partial charge in [-0.15, -0.1) is 0 Å². The van der Waals surface area contributed by atoms with Crippen LogP contribution in [0.5, 0.6) is 5.75 Å². The van der Waals surface area contributed by atoms with Crippen LogP contribution in [0.15, 0.2) is 53.6 Å². The lowest BCUT2D eigenvalue weighted by Crippen LogP contribution is -2.31. The topological polar surface area (TPSA) is 106 Å². The van der Waals surface area contributed by atoms with Gasteiger partial charge in [-0.05, 0) is 48.4 Å². The maximum absolute atomic E-state index is 14.7. The van der Waals surface area contributed by atoms with Gasteiger partial charge in [0.25, 0.3) is 0 Å². The van der Waals surface area contributed by atoms with E-state index in [0.717, 1.165) is 22.9 Å². The lowest BCUT2D eigenvalue weighted by atomic mass is 10.0. The average Bonchev–Trinajstić information content (AvgIpc) is 2.96. The van der Waals surface area contributed by atoms with Crippen LogP contribution in [0.25, 0.3) is 11.1 Å². The number of benzene rings is 2. The molecule has 3 N–H and O–H groups in total. The molecule has 1 atom stereocenters. The molecule has 168 valence electrons. The molecule has 2 aromatic carbocycles. The van der Waals surface area contributed by atoms with E-state index in [0.29, 0.717) is 36.8 Å². The van der Waals surface area contributed by atoms with Crippen molar-refractivity contribution >= 4 is 15.7 Å². The quantitative estimate of drug-likeness (QED) is 0.620. The molecule has 32 heavy (non-hydrogen) atoms. The Labute approximate surface area is 186 Å². The Kier molecular flexibility index (Phi) is 5.89. The summed E-state index contributed by atoms with van der Waals surface area (Å²) in [6, 6.07) is 12.0. The molecule has 0 radical (unpaired) electrons. The highest BCUT2D eigenvalue weighted by molar-refractivity contribution is 7.90. The van der Waals surface area contributed by atoms with Crippen molar-refractivity contribution in [2.45, 2.75) is 24.6 Å². The number of hydrogen-bond acceptors (Lipinski definition) is 7. The number of ether oxygens (including phenoxy) is 1. The van der Waals surface area contributed by atoms with Crippen molar-refractivity contribution in [1.82, 2.24) is 9.88 Å². The van der Waals surface area contributed by atoms with Gasteiger partial charge in [-0.2, -0.15) is 0 Å². The second kappa shape index (κ2) is 8.50. The van der Waals surface area contributed by atoms with Gasteiger partial charge in [0.2, 0.25) is 0 Å². The van der Waals surface area contributed by atoms with E-state index in [1.165, 1.54) is 19.1 Å². The third-order valence-corrected chi connectivity index (χ3v) is 6.72. The highest BCUT2D eigenvalue weighted by Gasteiger charge is 2.26. The fourth-order valence-corrected chi connectivity index (χ4v) is 4.61. The number of rotatable bonds is 4. The first-order valence-corrected chi connectivity index (χ1v) is 11.9. The summed E-state index contributed by atoms with van der Waals surface area (Å²) >= 11 is 0. The summed E-state index contributed by atoms with van der Waals surface area (Å²) in [5, 5.41) is 11.0. The number of nitrogens with zero attached hydrogens (tertiary/aromatic N) is 2. The lowest BCUT2D eigenvalue weighted by Gasteiger charge is -2.27. The molecule has 0 saturated heterocycles. The molecule has 0 bridgehead atoms. The molecule has 7 nitrogen and oxygen atoms in total. The molecule has 9 heteroatoms. The van der Waals surface area contributed by atoms with E-state index in [1.54, 1.807) is 17.2 Å². The second-order valence-electron chi connectivity index (χ2n) is 7.85. The van der Waals surface area contributed by atoms with Crippen molar-refractivity contribution in [3.8, 4) is 16.9 Å². The standard InChI is InChI=1S/C23H24FN3O4S/c1-14-18(5-7-20(22(14)24)32(2,29)30)23(28)27-9-10-31-19-6-3-15(11-17(19)13-27)16-4-8-21(25)26-12-16/h3-8,11-12,23,28H,9-10,13H2,1-2H3,(H2,25,26). The summed E-state index contributed by atoms with van der Waals surface area (Å²) in [5.74, 6) is 0.307. The summed E-state index contributed by atoms with van der Waals surface area (Å²) < 4.78 is 44.2. The molecule has 2 heterocycles. The highest BCUT2D eigenvalue weighted by Crippen LogP contribution is 2.33. The molecule has 0 aliphatic carbocycles. The third-order valence-electron chi connectivity index (χ3n) is 5.61. The minimum absolute atomic E-state index is 0.104. The van der Waals surface area contributed by atoms with Gasteiger partial charge in [0.15, 0.2) is 9.84 Å². The fourth-order valence-electron chi connectivity index (χ4n) is 3.82. The molecular weight excluding hydrogens is 433 g/mol. The van der Waals surface area contributed by atoms with Crippen molar-refractivity contribution in [3.63, 3.8) is 0 Å². The molecule has 4 rings (SSSR count). The van der Waals surface area contributed by atoms with Crippen LogP contribution in [-0.4, -0.2) is 42.8 Å². The zero-order valence-corrected chi connectivity index (χ0v) is 18.6. The van der Waals surface area contributed by atoms with E-state index in [2.05, 4.69) is 4.98 Å². The van der Waals surface area contributed by atoms with E-state index < -0.39 is 21.9 Å². The number of hydrogen-bond donors (Lipinski definition) is 2. The molecule has 0 spiro atoms. The molecule has 0 fully saturated rings. The number of aliphatic hydroxyl groups excluding tert-OH is 1. The minimum atomic E-state index is -3.71. The first-order chi connectivity index (χ1) is 15.1. The molecule has 3 aromatic rings. The zero-order chi connectivity index (χ0) is 23.0. The normalized spacial score (nSPS) is 15.5. The number of anilines is 1. The average molecular weight is 458 g/mol. The Morgan fingerprint density at radius 3 is 2.62 bits per heavy atom. The van der Waals surface area contributed by atoms with Gasteiger partial charge in [0, 0.05) is 42.2 Å². The molecular formula is C23H24FN3O4S. The highest BCUT2D eigenvalue weighted by atomic mass is 32.2. The van der Waals surface area contributed by atoms with E-state index >= 15 is 0 Å². The number of fused-ring (bicyclic) bond motifs is 1. The summed E-state index contributed by atoms with van der Waals surface area (Å²) in [7, 11) is -3.71. The van der Waals surface area contributed by atoms with E-state index in [9.17, 15) is 17.9 Å². The number of pyridine rings is 1. The van der Waals surface area contributed by atoms with Crippen molar-refractivity contribution in [2.24, 2.45) is 0 Å². The van der Waals surface area contributed by atoms with Crippen molar-refractivity contribution < 1.29 is 22.7 Å². The van der Waals surface area contributed by atoms with Crippen molar-refractivity contribution in [3.05, 3.63) is 71.2 Å². The third kappa shape index (κ3) is 4.32. The van der Waals surface area contributed by atoms with Crippen LogP contribution in [0.1, 0.15) is 22.9 Å². The van der Waals surface area contributed by atoms with Gasteiger partial charge < -0.3 is 15.6 Å². The van der Waals surface area contributed by atoms with Crippen molar-refractivity contribution in [1.29, 1.82) is 0 Å². The molecule has 0 saturated carbocycles. The Hall–Kier alpha value is -3.01. The largest absolute Gasteiger partial charge is 0.492 e. The van der Waals surface area contributed by atoms with E-state index in [-0.39, 0.29) is 10.5 Å². The molecule has 0 amide bonds. The van der Waals surface area contributed by atoms with Crippen LogP contribution >= 0.6 is 0 Å². The Bertz CT molecular complexity index is 1260. The molecule has 1 aliphatic heterocycles. The number of aliphatic hydroxyl groups is 1. The minimum Gasteiger partial charge on any atom is -0.492 e. The number of nitrogens with two attached hydrogens (primary N) is 1. The van der Waals surface area contributed by atoms with Crippen molar-refractivity contribution in [2.75, 3.05) is 25.1 Å². The van der Waals surface area contributed by atoms with Gasteiger partial charge in [-0.3, -0.25) is 4.90 Å². The predicted molar refractivity (Wildman–Crippen MR) is 119 cm³/mol. The number of sulfone groups is 1. The van der Waals surface area contributed by atoms with Crippen LogP contribution in [0, 0.1) is 12.7 Å². The van der Waals surface area contributed by atoms with E-state index in [1.807, 2.05) is 24.3 Å². The maximum atomic E-state index is 14.7. The zero-order valence-electron chi connectivity index (χ0n) is 17.7. The summed E-state index contributed by atoms with van der Waals surface area (Å²) in [5.41, 5.74) is 8.78. The SMILES string of the molecule is Cc1c(C(O)N2CCOc3ccc(-c4ccc(N)nc4)cc3C2)ccc(S(C)(=O)=O)c1F. The smallest absolute Gasteiger partial charge is 0.178 e. The maximum Gasteiger partial charge on any atom is 0.178 e. The first-order valence-electron chi connectivity index (χ1n) is 10.0. The van der Waals surface area contributed by atoms with Crippen LogP contribution in [0.3, 0.4) is 0 Å². The van der Waals surface area contributed by atoms with Crippen LogP contribution < -0.4 is 10.5 Å². The van der Waals surface area contributed by atoms with Crippen LogP contribution in [0.4, 0.5) is 10.2 Å². The second-order valence-corrected chi connectivity index (χ2v) is 9.84. The summed E-state index contributed by atoms with van der Waals surface area (Å²) in [6.45, 7) is 2.58. The lowest BCUT2D eigenvalue weighted by molar-refractivity contribution is -0.00728. The fraction of sp³-hybridized carbons (Fsp3) is 0.261. The first kappa shape index (κ1) is 22.2. The summed E-state index contributed by atoms with van der Waals surface area (Å²) in [4.78, 5) is 5.51. The predicted octanol–water partition coefficient (Wildman–Crippen LogP) is 3.07. The number of aromatic nitrogens is 1. The van der Waals surface area contributed by atoms with Gasteiger partial charge in [0.1, 0.15) is 35.1 Å². The molecule has 1 aromatic heterocycles. The Balaban J connectivity index is 1.65. The van der Waals surface area contributed by atoms with E-state index in [4.69, 9.17) is 10.5 Å².